The third kappa shape index (κ3) is 5.63. The molecule has 1 aliphatic heterocycles. The van der Waals surface area contributed by atoms with Gasteiger partial charge in [-0.2, -0.15) is 5.10 Å². The number of aryl methyl sites for hydroxylation is 1. The summed E-state index contributed by atoms with van der Waals surface area (Å²) in [6.07, 6.45) is 1.54. The van der Waals surface area contributed by atoms with Crippen LogP contribution in [0.2, 0.25) is 0 Å². The van der Waals surface area contributed by atoms with Gasteiger partial charge < -0.3 is 9.73 Å². The molecule has 1 atom stereocenters. The molecular weight excluding hydrogens is 515 g/mol. The zero-order valence-corrected chi connectivity index (χ0v) is 23.2. The Labute approximate surface area is 231 Å². The number of benzene rings is 2. The SMILES string of the molecule is Cc1cccc([C@@H]2SCC(=O)N(CC(=O)NCc3ccco3)c3c2c(C(C)(C)C)nn3-c2cccc(F)c2)c1. The Morgan fingerprint density at radius 3 is 2.64 bits per heavy atom. The summed E-state index contributed by atoms with van der Waals surface area (Å²) in [4.78, 5) is 28.3. The average molecular weight is 547 g/mol. The molecular formula is C30H31FN4O3S. The zero-order valence-electron chi connectivity index (χ0n) is 22.4. The van der Waals surface area contributed by atoms with Crippen LogP contribution in [0.25, 0.3) is 5.69 Å². The first-order valence-electron chi connectivity index (χ1n) is 12.8. The Balaban J connectivity index is 1.68. The van der Waals surface area contributed by atoms with Gasteiger partial charge in [-0.15, -0.1) is 11.8 Å². The van der Waals surface area contributed by atoms with E-state index >= 15 is 0 Å². The van der Waals surface area contributed by atoms with Crippen molar-refractivity contribution in [3.8, 4) is 5.69 Å². The lowest BCUT2D eigenvalue weighted by molar-refractivity contribution is -0.123. The van der Waals surface area contributed by atoms with Crippen molar-refractivity contribution >= 4 is 29.4 Å². The molecule has 39 heavy (non-hydrogen) atoms. The van der Waals surface area contributed by atoms with Gasteiger partial charge in [-0.1, -0.05) is 56.7 Å². The maximum Gasteiger partial charge on any atom is 0.240 e. The van der Waals surface area contributed by atoms with Gasteiger partial charge >= 0.3 is 0 Å². The van der Waals surface area contributed by atoms with E-state index in [0.29, 0.717) is 17.3 Å². The number of amides is 2. The fourth-order valence-electron chi connectivity index (χ4n) is 4.76. The number of thioether (sulfide) groups is 1. The third-order valence-electron chi connectivity index (χ3n) is 6.54. The predicted molar refractivity (Wildman–Crippen MR) is 151 cm³/mol. The molecule has 9 heteroatoms. The number of hydrogen-bond donors (Lipinski definition) is 1. The van der Waals surface area contributed by atoms with Gasteiger partial charge in [-0.05, 0) is 42.8 Å². The molecule has 4 aromatic rings. The molecule has 3 heterocycles. The van der Waals surface area contributed by atoms with E-state index in [1.165, 1.54) is 28.8 Å². The second-order valence-corrected chi connectivity index (χ2v) is 11.8. The lowest BCUT2D eigenvalue weighted by Crippen LogP contribution is -2.42. The summed E-state index contributed by atoms with van der Waals surface area (Å²) < 4.78 is 21.4. The van der Waals surface area contributed by atoms with Crippen LogP contribution in [0.3, 0.4) is 0 Å². The molecule has 7 nitrogen and oxygen atoms in total. The largest absolute Gasteiger partial charge is 0.467 e. The number of hydrogen-bond acceptors (Lipinski definition) is 5. The number of nitrogens with one attached hydrogen (secondary N) is 1. The van der Waals surface area contributed by atoms with E-state index in [1.54, 1.807) is 35.2 Å². The van der Waals surface area contributed by atoms with Gasteiger partial charge in [0.2, 0.25) is 11.8 Å². The van der Waals surface area contributed by atoms with Crippen LogP contribution in [0.15, 0.2) is 71.3 Å². The standard InChI is InChI=1S/C30H31FN4O3S/c1-19-8-5-9-20(14-19)27-26-28(30(2,3)4)33-35(22-11-6-10-21(31)15-22)29(26)34(25(37)18-39-27)17-24(36)32-16-23-12-7-13-38-23/h5-15,27H,16-18H2,1-4H3,(H,32,36)/t27-/m0/s1. The Morgan fingerprint density at radius 1 is 1.15 bits per heavy atom. The molecule has 2 aromatic heterocycles. The van der Waals surface area contributed by atoms with Crippen molar-refractivity contribution < 1.29 is 18.4 Å². The topological polar surface area (TPSA) is 80.4 Å². The summed E-state index contributed by atoms with van der Waals surface area (Å²) in [5.41, 5.74) is 3.87. The van der Waals surface area contributed by atoms with Gasteiger partial charge in [-0.3, -0.25) is 14.5 Å². The normalized spacial score (nSPS) is 15.7. The van der Waals surface area contributed by atoms with Crippen molar-refractivity contribution in [1.82, 2.24) is 15.1 Å². The highest BCUT2D eigenvalue weighted by atomic mass is 32.2. The van der Waals surface area contributed by atoms with E-state index in [4.69, 9.17) is 9.52 Å². The van der Waals surface area contributed by atoms with Crippen molar-refractivity contribution in [1.29, 1.82) is 0 Å². The van der Waals surface area contributed by atoms with Gasteiger partial charge in [0.25, 0.3) is 0 Å². The Morgan fingerprint density at radius 2 is 1.95 bits per heavy atom. The minimum absolute atomic E-state index is 0.172. The summed E-state index contributed by atoms with van der Waals surface area (Å²) >= 11 is 1.52. The number of aromatic nitrogens is 2. The van der Waals surface area contributed by atoms with Crippen LogP contribution in [0.5, 0.6) is 0 Å². The van der Waals surface area contributed by atoms with Crippen LogP contribution >= 0.6 is 11.8 Å². The van der Waals surface area contributed by atoms with Crippen LogP contribution in [-0.4, -0.2) is 33.9 Å². The van der Waals surface area contributed by atoms with Gasteiger partial charge in [0.15, 0.2) is 0 Å². The first-order chi connectivity index (χ1) is 18.6. The van der Waals surface area contributed by atoms with Crippen LogP contribution in [0, 0.1) is 12.7 Å². The maximum atomic E-state index is 14.4. The van der Waals surface area contributed by atoms with E-state index in [2.05, 4.69) is 38.2 Å². The van der Waals surface area contributed by atoms with Crippen molar-refractivity contribution in [2.24, 2.45) is 0 Å². The van der Waals surface area contributed by atoms with Crippen molar-refractivity contribution in [3.05, 3.63) is 101 Å². The molecule has 0 unspecified atom stereocenters. The first-order valence-corrected chi connectivity index (χ1v) is 13.8. The second-order valence-electron chi connectivity index (χ2n) is 10.7. The minimum atomic E-state index is -0.415. The van der Waals surface area contributed by atoms with Gasteiger partial charge in [0.05, 0.1) is 35.2 Å². The van der Waals surface area contributed by atoms with E-state index < -0.39 is 11.2 Å². The first kappa shape index (κ1) is 26.7. The molecule has 2 aromatic carbocycles. The molecule has 0 fully saturated rings. The number of anilines is 1. The van der Waals surface area contributed by atoms with E-state index in [-0.39, 0.29) is 35.9 Å². The van der Waals surface area contributed by atoms with Crippen molar-refractivity contribution in [2.75, 3.05) is 17.2 Å². The highest BCUT2D eigenvalue weighted by molar-refractivity contribution is 8.00. The molecule has 202 valence electrons. The van der Waals surface area contributed by atoms with Gasteiger partial charge in [0.1, 0.15) is 23.9 Å². The summed E-state index contributed by atoms with van der Waals surface area (Å²) in [5, 5.41) is 7.61. The van der Waals surface area contributed by atoms with Crippen LogP contribution in [-0.2, 0) is 21.5 Å². The Hall–Kier alpha value is -3.85. The summed E-state index contributed by atoms with van der Waals surface area (Å²) in [6.45, 7) is 8.23. The third-order valence-corrected chi connectivity index (χ3v) is 7.79. The Kier molecular flexibility index (Phi) is 7.36. The van der Waals surface area contributed by atoms with Crippen molar-refractivity contribution in [3.63, 3.8) is 0 Å². The molecule has 0 spiro atoms. The number of halogens is 1. The predicted octanol–water partition coefficient (Wildman–Crippen LogP) is 5.70. The number of fused-ring (bicyclic) bond motifs is 1. The molecule has 0 radical (unpaired) electrons. The molecule has 1 N–H and O–H groups in total. The lowest BCUT2D eigenvalue weighted by Gasteiger charge is -2.24. The average Bonchev–Trinajstić information content (AvgIpc) is 3.52. The van der Waals surface area contributed by atoms with Crippen molar-refractivity contribution in [2.45, 2.75) is 44.9 Å². The van der Waals surface area contributed by atoms with Gasteiger partial charge in [0, 0.05) is 11.0 Å². The molecule has 0 saturated heterocycles. The van der Waals surface area contributed by atoms with E-state index in [0.717, 1.165) is 22.4 Å². The number of furan rings is 1. The molecule has 2 amide bonds. The lowest BCUT2D eigenvalue weighted by atomic mass is 9.87. The number of carbonyl (C=O) groups excluding carboxylic acids is 2. The summed E-state index contributed by atoms with van der Waals surface area (Å²) in [6, 6.07) is 17.8. The summed E-state index contributed by atoms with van der Waals surface area (Å²) in [7, 11) is 0. The fourth-order valence-corrected chi connectivity index (χ4v) is 5.94. The highest BCUT2D eigenvalue weighted by Crippen LogP contribution is 2.48. The van der Waals surface area contributed by atoms with E-state index in [1.807, 2.05) is 19.1 Å². The highest BCUT2D eigenvalue weighted by Gasteiger charge is 2.40. The summed E-state index contributed by atoms with van der Waals surface area (Å²) in [5.74, 6) is 0.296. The monoisotopic (exact) mass is 546 g/mol. The fraction of sp³-hybridized carbons (Fsp3) is 0.300. The number of rotatable bonds is 6. The number of nitrogens with zero attached hydrogens (tertiary/aromatic N) is 3. The molecule has 5 rings (SSSR count). The Bertz CT molecular complexity index is 1510. The molecule has 1 aliphatic rings. The van der Waals surface area contributed by atoms with Crippen LogP contribution in [0.4, 0.5) is 10.2 Å². The zero-order chi connectivity index (χ0) is 27.7. The van der Waals surface area contributed by atoms with E-state index in [9.17, 15) is 14.0 Å². The smallest absolute Gasteiger partial charge is 0.240 e. The quantitative estimate of drug-likeness (QED) is 0.336. The number of carbonyl (C=O) groups is 2. The maximum absolute atomic E-state index is 14.4. The van der Waals surface area contributed by atoms with Gasteiger partial charge in [-0.25, -0.2) is 9.07 Å². The van der Waals surface area contributed by atoms with Crippen LogP contribution < -0.4 is 10.2 Å². The molecule has 0 saturated carbocycles. The second kappa shape index (κ2) is 10.7. The van der Waals surface area contributed by atoms with Crippen LogP contribution in [0.1, 0.15) is 54.2 Å². The minimum Gasteiger partial charge on any atom is -0.467 e. The molecule has 0 bridgehead atoms. The molecule has 0 aliphatic carbocycles.